The van der Waals surface area contributed by atoms with Crippen LogP contribution in [0.15, 0.2) is 88.9 Å². The molecule has 0 bridgehead atoms. The summed E-state index contributed by atoms with van der Waals surface area (Å²) >= 11 is 1.21. The number of aryl methyl sites for hydroxylation is 2. The number of thioether (sulfide) groups is 1. The molecule has 0 radical (unpaired) electrons. The number of benzene rings is 3. The van der Waals surface area contributed by atoms with Gasteiger partial charge in [-0.15, -0.1) is 0 Å². The molecule has 2 N–H and O–H groups in total. The van der Waals surface area contributed by atoms with Crippen LogP contribution in [0.25, 0.3) is 27.8 Å². The second kappa shape index (κ2) is 10.4. The lowest BCUT2D eigenvalue weighted by molar-refractivity contribution is -0.113. The first-order valence-electron chi connectivity index (χ1n) is 11.8. The van der Waals surface area contributed by atoms with Gasteiger partial charge in [-0.1, -0.05) is 60.3 Å². The van der Waals surface area contributed by atoms with Crippen LogP contribution in [0.1, 0.15) is 11.1 Å². The van der Waals surface area contributed by atoms with E-state index in [9.17, 15) is 9.59 Å². The molecule has 0 fully saturated rings. The van der Waals surface area contributed by atoms with Crippen LogP contribution in [0.5, 0.6) is 5.75 Å². The molecule has 0 saturated heterocycles. The number of aromatic nitrogens is 3. The minimum absolute atomic E-state index is 0.0615. The lowest BCUT2D eigenvalue weighted by Crippen LogP contribution is -2.23. The highest BCUT2D eigenvalue weighted by Gasteiger charge is 2.19. The van der Waals surface area contributed by atoms with Crippen molar-refractivity contribution in [1.82, 2.24) is 14.5 Å². The normalized spacial score (nSPS) is 11.0. The smallest absolute Gasteiger partial charge is 0.283 e. The number of anilines is 1. The Morgan fingerprint density at radius 3 is 2.57 bits per heavy atom. The zero-order chi connectivity index (χ0) is 25.9. The van der Waals surface area contributed by atoms with Gasteiger partial charge in [-0.3, -0.25) is 14.2 Å². The summed E-state index contributed by atoms with van der Waals surface area (Å²) in [4.78, 5) is 34.7. The predicted octanol–water partition coefficient (Wildman–Crippen LogP) is 5.74. The van der Waals surface area contributed by atoms with Crippen molar-refractivity contribution >= 4 is 34.4 Å². The molecule has 186 valence electrons. The molecule has 7 nitrogen and oxygen atoms in total. The van der Waals surface area contributed by atoms with E-state index in [1.807, 2.05) is 86.6 Å². The highest BCUT2D eigenvalue weighted by Crippen LogP contribution is 2.30. The monoisotopic (exact) mass is 510 g/mol. The standard InChI is InChI=1S/C29H26N4O3S/c1-18-8-7-11-21(14-18)33-28(35)27-26(22(16-30-27)20-9-5-4-6-10-20)32-29(33)37-17-25(34)31-23-15-19(2)12-13-24(23)36-3/h4-16,30H,17H2,1-3H3,(H,31,34). The molecule has 0 saturated carbocycles. The maximum atomic E-state index is 13.7. The SMILES string of the molecule is COc1ccc(C)cc1NC(=O)CSc1nc2c(-c3ccccc3)c[nH]c2c(=O)n1-c1cccc(C)c1. The summed E-state index contributed by atoms with van der Waals surface area (Å²) in [6.45, 7) is 3.92. The average Bonchev–Trinajstić information content (AvgIpc) is 3.32. The van der Waals surface area contributed by atoms with Gasteiger partial charge in [0.25, 0.3) is 5.56 Å². The van der Waals surface area contributed by atoms with Gasteiger partial charge in [0, 0.05) is 11.8 Å². The molecule has 0 aliphatic carbocycles. The summed E-state index contributed by atoms with van der Waals surface area (Å²) in [5, 5.41) is 3.36. The van der Waals surface area contributed by atoms with Crippen molar-refractivity contribution in [3.8, 4) is 22.6 Å². The van der Waals surface area contributed by atoms with Crippen molar-refractivity contribution in [3.05, 3.63) is 100 Å². The van der Waals surface area contributed by atoms with E-state index in [1.54, 1.807) is 17.9 Å². The third-order valence-corrected chi connectivity index (χ3v) is 6.91. The summed E-state index contributed by atoms with van der Waals surface area (Å²) in [5.74, 6) is 0.419. The molecule has 1 amide bonds. The summed E-state index contributed by atoms with van der Waals surface area (Å²) in [5.41, 5.74) is 5.87. The van der Waals surface area contributed by atoms with Crippen molar-refractivity contribution in [3.63, 3.8) is 0 Å². The van der Waals surface area contributed by atoms with Gasteiger partial charge in [0.15, 0.2) is 5.16 Å². The number of ether oxygens (including phenoxy) is 1. The van der Waals surface area contributed by atoms with Crippen LogP contribution in [0.3, 0.4) is 0 Å². The lowest BCUT2D eigenvalue weighted by Gasteiger charge is -2.14. The minimum Gasteiger partial charge on any atom is -0.495 e. The van der Waals surface area contributed by atoms with Crippen LogP contribution in [-0.2, 0) is 4.79 Å². The zero-order valence-corrected chi connectivity index (χ0v) is 21.6. The van der Waals surface area contributed by atoms with Crippen molar-refractivity contribution in [2.24, 2.45) is 0 Å². The number of methoxy groups -OCH3 is 1. The Kier molecular flexibility index (Phi) is 6.83. The van der Waals surface area contributed by atoms with E-state index in [4.69, 9.17) is 9.72 Å². The number of fused-ring (bicyclic) bond motifs is 1. The van der Waals surface area contributed by atoms with Gasteiger partial charge in [0.05, 0.1) is 24.2 Å². The van der Waals surface area contributed by atoms with E-state index in [0.29, 0.717) is 33.3 Å². The lowest BCUT2D eigenvalue weighted by atomic mass is 10.1. The number of carbonyl (C=O) groups is 1. The van der Waals surface area contributed by atoms with Gasteiger partial charge in [0.1, 0.15) is 16.8 Å². The fourth-order valence-corrected chi connectivity index (χ4v) is 5.01. The summed E-state index contributed by atoms with van der Waals surface area (Å²) < 4.78 is 6.94. The van der Waals surface area contributed by atoms with E-state index in [2.05, 4.69) is 10.3 Å². The second-order valence-electron chi connectivity index (χ2n) is 8.71. The summed E-state index contributed by atoms with van der Waals surface area (Å²) in [7, 11) is 1.57. The Labute approximate surface area is 218 Å². The van der Waals surface area contributed by atoms with Crippen LogP contribution < -0.4 is 15.6 Å². The molecule has 0 unspecified atom stereocenters. The number of H-pyrrole nitrogens is 1. The number of nitrogens with one attached hydrogen (secondary N) is 2. The third-order valence-electron chi connectivity index (χ3n) is 5.97. The summed E-state index contributed by atoms with van der Waals surface area (Å²) in [6, 6.07) is 23.1. The Hall–Kier alpha value is -4.30. The average molecular weight is 511 g/mol. The van der Waals surface area contributed by atoms with Gasteiger partial charge >= 0.3 is 0 Å². The van der Waals surface area contributed by atoms with E-state index in [-0.39, 0.29) is 17.2 Å². The van der Waals surface area contributed by atoms with Crippen LogP contribution in [0, 0.1) is 13.8 Å². The molecule has 0 spiro atoms. The number of nitrogens with zero attached hydrogens (tertiary/aromatic N) is 2. The van der Waals surface area contributed by atoms with Gasteiger partial charge in [0.2, 0.25) is 5.91 Å². The van der Waals surface area contributed by atoms with E-state index < -0.39 is 0 Å². The van der Waals surface area contributed by atoms with Gasteiger partial charge < -0.3 is 15.0 Å². The maximum Gasteiger partial charge on any atom is 0.283 e. The Balaban J connectivity index is 1.55. The number of carbonyl (C=O) groups excluding carboxylic acids is 1. The predicted molar refractivity (Wildman–Crippen MR) is 149 cm³/mol. The largest absolute Gasteiger partial charge is 0.495 e. The molecular formula is C29H26N4O3S. The fraction of sp³-hybridized carbons (Fsp3) is 0.138. The molecule has 5 rings (SSSR count). The molecule has 0 atom stereocenters. The molecule has 0 aliphatic rings. The Bertz CT molecular complexity index is 1660. The molecule has 0 aliphatic heterocycles. The fourth-order valence-electron chi connectivity index (χ4n) is 4.20. The number of hydrogen-bond donors (Lipinski definition) is 2. The first-order valence-corrected chi connectivity index (χ1v) is 12.8. The number of aromatic amines is 1. The van der Waals surface area contributed by atoms with Gasteiger partial charge in [-0.25, -0.2) is 4.98 Å². The van der Waals surface area contributed by atoms with Crippen molar-refractivity contribution in [1.29, 1.82) is 0 Å². The van der Waals surface area contributed by atoms with E-state index in [0.717, 1.165) is 22.3 Å². The van der Waals surface area contributed by atoms with Gasteiger partial charge in [-0.2, -0.15) is 0 Å². The minimum atomic E-state index is -0.226. The molecule has 2 aromatic heterocycles. The molecule has 8 heteroatoms. The second-order valence-corrected chi connectivity index (χ2v) is 9.65. The Morgan fingerprint density at radius 1 is 1.03 bits per heavy atom. The molecule has 5 aromatic rings. The zero-order valence-electron chi connectivity index (χ0n) is 20.7. The number of rotatable bonds is 7. The van der Waals surface area contributed by atoms with Crippen molar-refractivity contribution in [2.45, 2.75) is 19.0 Å². The molecule has 2 heterocycles. The highest BCUT2D eigenvalue weighted by atomic mass is 32.2. The summed E-state index contributed by atoms with van der Waals surface area (Å²) in [6.07, 6.45) is 1.81. The van der Waals surface area contributed by atoms with Crippen LogP contribution >= 0.6 is 11.8 Å². The number of hydrogen-bond acceptors (Lipinski definition) is 5. The van der Waals surface area contributed by atoms with Crippen molar-refractivity contribution in [2.75, 3.05) is 18.2 Å². The number of amides is 1. The van der Waals surface area contributed by atoms with E-state index in [1.165, 1.54) is 11.8 Å². The highest BCUT2D eigenvalue weighted by molar-refractivity contribution is 7.99. The van der Waals surface area contributed by atoms with Crippen molar-refractivity contribution < 1.29 is 9.53 Å². The molecule has 3 aromatic carbocycles. The van der Waals surface area contributed by atoms with Crippen LogP contribution in [0.4, 0.5) is 5.69 Å². The molecule has 37 heavy (non-hydrogen) atoms. The topological polar surface area (TPSA) is 89.0 Å². The van der Waals surface area contributed by atoms with Gasteiger partial charge in [-0.05, 0) is 54.8 Å². The van der Waals surface area contributed by atoms with E-state index >= 15 is 0 Å². The Morgan fingerprint density at radius 2 is 1.81 bits per heavy atom. The first kappa shape index (κ1) is 24.4. The quantitative estimate of drug-likeness (QED) is 0.215. The first-order chi connectivity index (χ1) is 17.9. The molecular weight excluding hydrogens is 484 g/mol. The maximum absolute atomic E-state index is 13.7. The third kappa shape index (κ3) is 5.01. The van der Waals surface area contributed by atoms with Crippen LogP contribution in [-0.4, -0.2) is 33.3 Å². The van der Waals surface area contributed by atoms with Crippen LogP contribution in [0.2, 0.25) is 0 Å².